The van der Waals surface area contributed by atoms with Crippen LogP contribution in [0.5, 0.6) is 11.5 Å². The lowest BCUT2D eigenvalue weighted by Gasteiger charge is -2.12. The fourth-order valence-electron chi connectivity index (χ4n) is 2.47. The minimum absolute atomic E-state index is 0.101. The van der Waals surface area contributed by atoms with Gasteiger partial charge in [-0.15, -0.1) is 0 Å². The number of ether oxygens (including phenoxy) is 2. The number of nitrogens with one attached hydrogen (secondary N) is 2. The van der Waals surface area contributed by atoms with Crippen LogP contribution in [0.1, 0.15) is 29.3 Å². The maximum Gasteiger partial charge on any atom is 0.255 e. The SMILES string of the molecule is CC(=O)NCc1ccc(C(=O)Nc2cc3c(cc2Cl)OCCCO3)cc1. The van der Waals surface area contributed by atoms with E-state index in [1.807, 2.05) is 0 Å². The molecule has 0 aromatic heterocycles. The number of hydrogen-bond acceptors (Lipinski definition) is 4. The van der Waals surface area contributed by atoms with Crippen LogP contribution in [0, 0.1) is 0 Å². The standard InChI is InChI=1S/C19H19ClN2O4/c1-12(23)21-11-13-3-5-14(6-4-13)19(24)22-16-10-18-17(9-15(16)20)25-7-2-8-26-18/h3-6,9-10H,2,7-8,11H2,1H3,(H,21,23)(H,22,24). The summed E-state index contributed by atoms with van der Waals surface area (Å²) in [6.45, 7) is 3.00. The van der Waals surface area contributed by atoms with E-state index < -0.39 is 0 Å². The number of amides is 2. The maximum atomic E-state index is 12.5. The molecular formula is C19H19ClN2O4. The van der Waals surface area contributed by atoms with Crippen LogP contribution in [0.25, 0.3) is 0 Å². The number of hydrogen-bond donors (Lipinski definition) is 2. The smallest absolute Gasteiger partial charge is 0.255 e. The molecule has 6 nitrogen and oxygen atoms in total. The summed E-state index contributed by atoms with van der Waals surface area (Å²) < 4.78 is 11.2. The molecule has 0 aliphatic carbocycles. The van der Waals surface area contributed by atoms with Crippen molar-refractivity contribution in [2.45, 2.75) is 19.9 Å². The van der Waals surface area contributed by atoms with Gasteiger partial charge in [0.25, 0.3) is 5.91 Å². The minimum atomic E-state index is -0.285. The third kappa shape index (κ3) is 4.46. The molecule has 0 saturated carbocycles. The van der Waals surface area contributed by atoms with E-state index in [0.29, 0.717) is 47.5 Å². The molecule has 0 radical (unpaired) electrons. The summed E-state index contributed by atoms with van der Waals surface area (Å²) >= 11 is 6.25. The van der Waals surface area contributed by atoms with Crippen molar-refractivity contribution in [3.63, 3.8) is 0 Å². The Bertz CT molecular complexity index is 821. The Morgan fingerprint density at radius 2 is 1.73 bits per heavy atom. The molecule has 0 spiro atoms. The Labute approximate surface area is 156 Å². The van der Waals surface area contributed by atoms with Crippen molar-refractivity contribution in [1.82, 2.24) is 5.32 Å². The van der Waals surface area contributed by atoms with Gasteiger partial charge in [-0.3, -0.25) is 9.59 Å². The molecule has 0 bridgehead atoms. The molecule has 0 unspecified atom stereocenters. The number of carbonyl (C=O) groups is 2. The van der Waals surface area contributed by atoms with Crippen LogP contribution < -0.4 is 20.1 Å². The second kappa shape index (κ2) is 8.10. The Hall–Kier alpha value is -2.73. The Morgan fingerprint density at radius 3 is 2.38 bits per heavy atom. The Morgan fingerprint density at radius 1 is 1.08 bits per heavy atom. The lowest BCUT2D eigenvalue weighted by atomic mass is 10.1. The quantitative estimate of drug-likeness (QED) is 0.860. The van der Waals surface area contributed by atoms with Gasteiger partial charge >= 0.3 is 0 Å². The van der Waals surface area contributed by atoms with Crippen LogP contribution in [0.15, 0.2) is 36.4 Å². The summed E-state index contributed by atoms with van der Waals surface area (Å²) in [5.41, 5.74) is 1.85. The molecule has 3 rings (SSSR count). The first-order valence-corrected chi connectivity index (χ1v) is 8.64. The third-order valence-electron chi connectivity index (χ3n) is 3.84. The molecule has 0 fully saturated rings. The van der Waals surface area contributed by atoms with Gasteiger partial charge in [0.15, 0.2) is 11.5 Å². The average Bonchev–Trinajstić information content (AvgIpc) is 2.85. The number of fused-ring (bicyclic) bond motifs is 1. The largest absolute Gasteiger partial charge is 0.490 e. The molecule has 26 heavy (non-hydrogen) atoms. The van der Waals surface area contributed by atoms with E-state index >= 15 is 0 Å². The van der Waals surface area contributed by atoms with E-state index in [4.69, 9.17) is 21.1 Å². The van der Waals surface area contributed by atoms with Crippen molar-refractivity contribution in [2.75, 3.05) is 18.5 Å². The van der Waals surface area contributed by atoms with Crippen LogP contribution in [-0.2, 0) is 11.3 Å². The van der Waals surface area contributed by atoms with Gasteiger partial charge in [-0.25, -0.2) is 0 Å². The van der Waals surface area contributed by atoms with Crippen molar-refractivity contribution in [1.29, 1.82) is 0 Å². The predicted octanol–water partition coefficient (Wildman–Crippen LogP) is 3.39. The zero-order valence-electron chi connectivity index (χ0n) is 14.3. The van der Waals surface area contributed by atoms with E-state index in [-0.39, 0.29) is 11.8 Å². The molecule has 1 aliphatic rings. The number of halogens is 1. The molecule has 0 saturated heterocycles. The van der Waals surface area contributed by atoms with Crippen LogP contribution in [0.2, 0.25) is 5.02 Å². The number of carbonyl (C=O) groups excluding carboxylic acids is 2. The fraction of sp³-hybridized carbons (Fsp3) is 0.263. The fourth-order valence-corrected chi connectivity index (χ4v) is 2.68. The van der Waals surface area contributed by atoms with Crippen molar-refractivity contribution in [3.05, 3.63) is 52.5 Å². The topological polar surface area (TPSA) is 76.7 Å². The summed E-state index contributed by atoms with van der Waals surface area (Å²) in [6, 6.07) is 10.3. The first-order valence-electron chi connectivity index (χ1n) is 8.27. The first-order chi connectivity index (χ1) is 12.5. The van der Waals surface area contributed by atoms with E-state index in [1.165, 1.54) is 6.92 Å². The summed E-state index contributed by atoms with van der Waals surface area (Å²) in [5, 5.41) is 5.88. The second-order valence-electron chi connectivity index (χ2n) is 5.89. The lowest BCUT2D eigenvalue weighted by molar-refractivity contribution is -0.119. The molecule has 2 aromatic rings. The summed E-state index contributed by atoms with van der Waals surface area (Å²) in [5.74, 6) is 0.754. The summed E-state index contributed by atoms with van der Waals surface area (Å²) in [7, 11) is 0. The van der Waals surface area contributed by atoms with Gasteiger partial charge in [-0.1, -0.05) is 23.7 Å². The Kier molecular flexibility index (Phi) is 5.63. The second-order valence-corrected chi connectivity index (χ2v) is 6.30. The average molecular weight is 375 g/mol. The molecule has 0 atom stereocenters. The van der Waals surface area contributed by atoms with E-state index in [0.717, 1.165) is 12.0 Å². The first kappa shape index (κ1) is 18.1. The molecule has 2 aromatic carbocycles. The lowest BCUT2D eigenvalue weighted by Crippen LogP contribution is -2.19. The van der Waals surface area contributed by atoms with Gasteiger partial charge in [0, 0.05) is 37.6 Å². The monoisotopic (exact) mass is 374 g/mol. The highest BCUT2D eigenvalue weighted by Crippen LogP contribution is 2.37. The van der Waals surface area contributed by atoms with Crippen molar-refractivity contribution < 1.29 is 19.1 Å². The number of rotatable bonds is 4. The summed E-state index contributed by atoms with van der Waals surface area (Å²) in [4.78, 5) is 23.4. The minimum Gasteiger partial charge on any atom is -0.490 e. The van der Waals surface area contributed by atoms with Gasteiger partial charge < -0.3 is 20.1 Å². The summed E-state index contributed by atoms with van der Waals surface area (Å²) in [6.07, 6.45) is 0.791. The highest BCUT2D eigenvalue weighted by Gasteiger charge is 2.16. The van der Waals surface area contributed by atoms with E-state index in [1.54, 1.807) is 36.4 Å². The van der Waals surface area contributed by atoms with Gasteiger partial charge in [-0.05, 0) is 17.7 Å². The van der Waals surface area contributed by atoms with Crippen molar-refractivity contribution in [2.24, 2.45) is 0 Å². The van der Waals surface area contributed by atoms with E-state index in [9.17, 15) is 9.59 Å². The maximum absolute atomic E-state index is 12.5. The van der Waals surface area contributed by atoms with Crippen molar-refractivity contribution in [3.8, 4) is 11.5 Å². The normalized spacial score (nSPS) is 12.8. The van der Waals surface area contributed by atoms with Crippen LogP contribution in [-0.4, -0.2) is 25.0 Å². The molecule has 1 aliphatic heterocycles. The van der Waals surface area contributed by atoms with Gasteiger partial charge in [0.1, 0.15) is 0 Å². The van der Waals surface area contributed by atoms with Crippen LogP contribution in [0.4, 0.5) is 5.69 Å². The van der Waals surface area contributed by atoms with E-state index in [2.05, 4.69) is 10.6 Å². The highest BCUT2D eigenvalue weighted by atomic mass is 35.5. The van der Waals surface area contributed by atoms with Crippen LogP contribution >= 0.6 is 11.6 Å². The van der Waals surface area contributed by atoms with Crippen molar-refractivity contribution >= 4 is 29.1 Å². The third-order valence-corrected chi connectivity index (χ3v) is 4.16. The molecule has 2 amide bonds. The zero-order chi connectivity index (χ0) is 18.5. The number of benzene rings is 2. The van der Waals surface area contributed by atoms with Crippen LogP contribution in [0.3, 0.4) is 0 Å². The molecule has 136 valence electrons. The molecule has 1 heterocycles. The molecular weight excluding hydrogens is 356 g/mol. The predicted molar refractivity (Wildman–Crippen MR) is 99.0 cm³/mol. The molecule has 7 heteroatoms. The van der Waals surface area contributed by atoms with Gasteiger partial charge in [-0.2, -0.15) is 0 Å². The molecule has 2 N–H and O–H groups in total. The highest BCUT2D eigenvalue weighted by molar-refractivity contribution is 6.34. The zero-order valence-corrected chi connectivity index (χ0v) is 15.1. The van der Waals surface area contributed by atoms with Gasteiger partial charge in [0.05, 0.1) is 23.9 Å². The van der Waals surface area contributed by atoms with Gasteiger partial charge in [0.2, 0.25) is 5.91 Å². The Balaban J connectivity index is 1.71. The number of anilines is 1.